The van der Waals surface area contributed by atoms with Crippen molar-refractivity contribution in [2.24, 2.45) is 5.92 Å². The molecule has 0 aromatic heterocycles. The molecule has 1 aliphatic carbocycles. The van der Waals surface area contributed by atoms with Crippen LogP contribution in [-0.4, -0.2) is 25.2 Å². The number of carboxylic acid groups (broad SMARTS) is 1. The van der Waals surface area contributed by atoms with E-state index < -0.39 is 32.1 Å². The summed E-state index contributed by atoms with van der Waals surface area (Å²) < 4.78 is 37.7. The molecule has 0 radical (unpaired) electrons. The Labute approximate surface area is 108 Å². The minimum absolute atomic E-state index is 0.0432. The van der Waals surface area contributed by atoms with Crippen LogP contribution < -0.4 is 0 Å². The summed E-state index contributed by atoms with van der Waals surface area (Å²) in [5.41, 5.74) is -0.725. The molecule has 4 nitrogen and oxygen atoms in total. The molecule has 1 saturated carbocycles. The lowest BCUT2D eigenvalue weighted by Gasteiger charge is -2.07. The van der Waals surface area contributed by atoms with E-state index in [1.807, 2.05) is 0 Å². The summed E-state index contributed by atoms with van der Waals surface area (Å²) in [6.45, 7) is 0. The third-order valence-electron chi connectivity index (χ3n) is 2.72. The molecule has 2 rings (SSSR count). The minimum Gasteiger partial charge on any atom is -0.478 e. The smallest absolute Gasteiger partial charge is 0.338 e. The Morgan fingerprint density at radius 3 is 2.56 bits per heavy atom. The first-order chi connectivity index (χ1) is 8.31. The molecule has 18 heavy (non-hydrogen) atoms. The van der Waals surface area contributed by atoms with Crippen LogP contribution in [0.5, 0.6) is 0 Å². The van der Waals surface area contributed by atoms with Gasteiger partial charge in [0.25, 0.3) is 0 Å². The minimum atomic E-state index is -3.83. The summed E-state index contributed by atoms with van der Waals surface area (Å²) in [5, 5.41) is 8.67. The normalized spacial score (nSPS) is 15.7. The zero-order valence-corrected chi connectivity index (χ0v) is 10.8. The van der Waals surface area contributed by atoms with Gasteiger partial charge >= 0.3 is 5.97 Å². The van der Waals surface area contributed by atoms with Crippen molar-refractivity contribution in [3.63, 3.8) is 0 Å². The summed E-state index contributed by atoms with van der Waals surface area (Å²) in [5.74, 6) is -2.91. The molecule has 98 valence electrons. The molecular formula is C11H10ClFO4S. The van der Waals surface area contributed by atoms with Crippen LogP contribution in [0, 0.1) is 11.7 Å². The lowest BCUT2D eigenvalue weighted by molar-refractivity contribution is 0.0691. The number of carboxylic acids is 1. The van der Waals surface area contributed by atoms with E-state index in [-0.39, 0.29) is 16.7 Å². The van der Waals surface area contributed by atoms with Crippen molar-refractivity contribution in [3.8, 4) is 0 Å². The first kappa shape index (κ1) is 13.3. The summed E-state index contributed by atoms with van der Waals surface area (Å²) in [6, 6.07) is 1.86. The van der Waals surface area contributed by atoms with Gasteiger partial charge in [-0.3, -0.25) is 0 Å². The summed E-state index contributed by atoms with van der Waals surface area (Å²) in [4.78, 5) is 10.2. The van der Waals surface area contributed by atoms with Gasteiger partial charge in [-0.25, -0.2) is 17.6 Å². The first-order valence-electron chi connectivity index (χ1n) is 5.26. The largest absolute Gasteiger partial charge is 0.478 e. The van der Waals surface area contributed by atoms with Gasteiger partial charge < -0.3 is 5.11 Å². The van der Waals surface area contributed by atoms with Gasteiger partial charge in [-0.2, -0.15) is 0 Å². The van der Waals surface area contributed by atoms with Crippen molar-refractivity contribution in [2.45, 2.75) is 17.7 Å². The molecule has 0 aliphatic heterocycles. The Kier molecular flexibility index (Phi) is 3.33. The van der Waals surface area contributed by atoms with E-state index in [1.165, 1.54) is 0 Å². The fraction of sp³-hybridized carbons (Fsp3) is 0.364. The highest BCUT2D eigenvalue weighted by atomic mass is 35.5. The third kappa shape index (κ3) is 2.64. The molecule has 0 bridgehead atoms. The number of halogens is 2. The highest BCUT2D eigenvalue weighted by molar-refractivity contribution is 7.91. The Balaban J connectivity index is 2.52. The van der Waals surface area contributed by atoms with Crippen molar-refractivity contribution in [2.75, 3.05) is 5.75 Å². The van der Waals surface area contributed by atoms with Gasteiger partial charge in [0.1, 0.15) is 4.90 Å². The van der Waals surface area contributed by atoms with Crippen molar-refractivity contribution in [1.82, 2.24) is 0 Å². The number of sulfone groups is 1. The molecule has 0 saturated heterocycles. The fourth-order valence-electron chi connectivity index (χ4n) is 1.63. The van der Waals surface area contributed by atoms with Gasteiger partial charge in [0.05, 0.1) is 11.3 Å². The van der Waals surface area contributed by atoms with Crippen molar-refractivity contribution >= 4 is 27.4 Å². The van der Waals surface area contributed by atoms with Gasteiger partial charge in [0.15, 0.2) is 15.7 Å². The first-order valence-corrected chi connectivity index (χ1v) is 7.29. The van der Waals surface area contributed by atoms with Crippen molar-refractivity contribution in [3.05, 3.63) is 28.5 Å². The molecule has 1 aliphatic rings. The second kappa shape index (κ2) is 4.51. The van der Waals surface area contributed by atoms with Crippen LogP contribution in [0.15, 0.2) is 17.0 Å². The maximum absolute atomic E-state index is 13.9. The van der Waals surface area contributed by atoms with E-state index in [1.54, 1.807) is 0 Å². The van der Waals surface area contributed by atoms with Gasteiger partial charge in [0, 0.05) is 5.02 Å². The Morgan fingerprint density at radius 1 is 1.44 bits per heavy atom. The SMILES string of the molecule is O=C(O)c1cc(Cl)cc(S(=O)(=O)CC2CC2)c1F. The Morgan fingerprint density at radius 2 is 2.06 bits per heavy atom. The molecule has 0 spiro atoms. The molecule has 0 amide bonds. The summed E-state index contributed by atoms with van der Waals surface area (Å²) in [6.07, 6.45) is 1.60. The molecule has 0 unspecified atom stereocenters. The van der Waals surface area contributed by atoms with E-state index >= 15 is 0 Å². The van der Waals surface area contributed by atoms with E-state index in [9.17, 15) is 17.6 Å². The average Bonchev–Trinajstić information content (AvgIpc) is 3.03. The summed E-state index contributed by atoms with van der Waals surface area (Å²) >= 11 is 5.63. The average molecular weight is 293 g/mol. The maximum Gasteiger partial charge on any atom is 0.338 e. The molecule has 0 heterocycles. The molecule has 0 atom stereocenters. The monoisotopic (exact) mass is 292 g/mol. The van der Waals surface area contributed by atoms with Gasteiger partial charge in [-0.05, 0) is 30.9 Å². The van der Waals surface area contributed by atoms with E-state index in [0.29, 0.717) is 0 Å². The molecule has 1 fully saturated rings. The van der Waals surface area contributed by atoms with Crippen molar-refractivity contribution < 1.29 is 22.7 Å². The predicted octanol–water partition coefficient (Wildman–Crippen LogP) is 2.36. The zero-order valence-electron chi connectivity index (χ0n) is 9.19. The van der Waals surface area contributed by atoms with Crippen LogP contribution in [0.3, 0.4) is 0 Å². The van der Waals surface area contributed by atoms with E-state index in [0.717, 1.165) is 25.0 Å². The predicted molar refractivity (Wildman–Crippen MR) is 63.1 cm³/mol. The fourth-order valence-corrected chi connectivity index (χ4v) is 3.74. The zero-order chi connectivity index (χ0) is 13.5. The number of carbonyl (C=O) groups is 1. The van der Waals surface area contributed by atoms with Crippen LogP contribution in [0.1, 0.15) is 23.2 Å². The lowest BCUT2D eigenvalue weighted by atomic mass is 10.2. The Bertz CT molecular complexity index is 608. The van der Waals surface area contributed by atoms with E-state index in [4.69, 9.17) is 16.7 Å². The van der Waals surface area contributed by atoms with Crippen LogP contribution in [0.4, 0.5) is 4.39 Å². The quantitative estimate of drug-likeness (QED) is 0.925. The van der Waals surface area contributed by atoms with Gasteiger partial charge in [-0.15, -0.1) is 0 Å². The van der Waals surface area contributed by atoms with Crippen molar-refractivity contribution in [1.29, 1.82) is 0 Å². The second-order valence-corrected chi connectivity index (χ2v) is 6.73. The number of hydrogen-bond donors (Lipinski definition) is 1. The van der Waals surface area contributed by atoms with Gasteiger partial charge in [-0.1, -0.05) is 11.6 Å². The van der Waals surface area contributed by atoms with Crippen LogP contribution >= 0.6 is 11.6 Å². The number of hydrogen-bond acceptors (Lipinski definition) is 3. The van der Waals surface area contributed by atoms with E-state index in [2.05, 4.69) is 0 Å². The summed E-state index contributed by atoms with van der Waals surface area (Å²) in [7, 11) is -3.83. The number of benzene rings is 1. The lowest BCUT2D eigenvalue weighted by Crippen LogP contribution is -2.13. The highest BCUT2D eigenvalue weighted by Gasteiger charge is 2.32. The highest BCUT2D eigenvalue weighted by Crippen LogP contribution is 2.34. The van der Waals surface area contributed by atoms with Gasteiger partial charge in [0.2, 0.25) is 0 Å². The van der Waals surface area contributed by atoms with Crippen LogP contribution in [-0.2, 0) is 9.84 Å². The van der Waals surface area contributed by atoms with Crippen LogP contribution in [0.25, 0.3) is 0 Å². The molecule has 1 aromatic rings. The standard InChI is InChI=1S/C11H10ClFO4S/c12-7-3-8(11(14)15)10(13)9(4-7)18(16,17)5-6-1-2-6/h3-4,6H,1-2,5H2,(H,14,15). The maximum atomic E-state index is 13.9. The topological polar surface area (TPSA) is 71.4 Å². The number of aromatic carboxylic acids is 1. The molecule has 7 heteroatoms. The third-order valence-corrected chi connectivity index (χ3v) is 4.82. The molecule has 1 aromatic carbocycles. The van der Waals surface area contributed by atoms with Crippen LogP contribution in [0.2, 0.25) is 5.02 Å². The Hall–Kier alpha value is -1.14. The second-order valence-electron chi connectivity index (χ2n) is 4.30. The molecule has 1 N–H and O–H groups in total. The molecular weight excluding hydrogens is 283 g/mol. The number of rotatable bonds is 4.